The third kappa shape index (κ3) is 8.11. The average Bonchev–Trinajstić information content (AvgIpc) is 2.97. The molecule has 3 aromatic carbocycles. The molecule has 1 fully saturated rings. The number of carbonyl (C=O) groups excluding carboxylic acids is 1. The minimum absolute atomic E-state index is 0.001000. The SMILES string of the molecule is CC(C)Nc1c(F)cc(SN(C)CC(=O)N(Cc2ccc(C3CCCCC3)cc2)c2ccc(C(=O)O)cc2)cc1C#N. The van der Waals surface area contributed by atoms with E-state index >= 15 is 0 Å². The van der Waals surface area contributed by atoms with E-state index in [0.717, 1.165) is 5.56 Å². The van der Waals surface area contributed by atoms with Crippen molar-refractivity contribution in [3.63, 3.8) is 0 Å². The van der Waals surface area contributed by atoms with Gasteiger partial charge in [0.15, 0.2) is 0 Å². The van der Waals surface area contributed by atoms with E-state index in [1.54, 1.807) is 34.5 Å². The van der Waals surface area contributed by atoms with Gasteiger partial charge in [0.1, 0.15) is 11.9 Å². The Kier molecular flexibility index (Phi) is 10.6. The lowest BCUT2D eigenvalue weighted by atomic mass is 9.84. The Hall–Kier alpha value is -3.87. The lowest BCUT2D eigenvalue weighted by Crippen LogP contribution is -2.36. The number of rotatable bonds is 11. The standard InChI is InChI=1S/C33H37FN4O3S/c1-22(2)36-32-27(19-35)17-29(18-30(32)34)42-37(3)21-31(39)38(28-15-13-26(14-16-28)33(40)41)20-23-9-11-25(12-10-23)24-7-5-4-6-8-24/h9-18,22,24,36H,4-8,20-21H2,1-3H3,(H,40,41). The van der Waals surface area contributed by atoms with Gasteiger partial charge in [-0.05, 0) is 99.1 Å². The van der Waals surface area contributed by atoms with Crippen molar-refractivity contribution in [1.82, 2.24) is 4.31 Å². The van der Waals surface area contributed by atoms with Gasteiger partial charge in [-0.15, -0.1) is 0 Å². The van der Waals surface area contributed by atoms with Gasteiger partial charge in [-0.25, -0.2) is 13.5 Å². The van der Waals surface area contributed by atoms with Crippen molar-refractivity contribution in [3.8, 4) is 6.07 Å². The van der Waals surface area contributed by atoms with Gasteiger partial charge < -0.3 is 15.3 Å². The lowest BCUT2D eigenvalue weighted by molar-refractivity contribution is -0.118. The first kappa shape index (κ1) is 31.1. The summed E-state index contributed by atoms with van der Waals surface area (Å²) in [6.45, 7) is 4.06. The largest absolute Gasteiger partial charge is 0.478 e. The number of carbonyl (C=O) groups is 2. The fourth-order valence-corrected chi connectivity index (χ4v) is 6.13. The number of carboxylic acid groups (broad SMARTS) is 1. The molecule has 2 N–H and O–H groups in total. The molecular formula is C33H37FN4O3S. The molecule has 220 valence electrons. The normalized spacial score (nSPS) is 13.6. The molecular weight excluding hydrogens is 551 g/mol. The van der Waals surface area contributed by atoms with Crippen LogP contribution in [0.5, 0.6) is 0 Å². The molecule has 0 aromatic heterocycles. The van der Waals surface area contributed by atoms with Crippen molar-refractivity contribution in [1.29, 1.82) is 5.26 Å². The molecule has 1 saturated carbocycles. The summed E-state index contributed by atoms with van der Waals surface area (Å²) in [4.78, 5) is 27.2. The van der Waals surface area contributed by atoms with Gasteiger partial charge in [-0.1, -0.05) is 43.5 Å². The van der Waals surface area contributed by atoms with Crippen molar-refractivity contribution in [2.24, 2.45) is 0 Å². The van der Waals surface area contributed by atoms with Crippen molar-refractivity contribution >= 4 is 35.2 Å². The predicted molar refractivity (Wildman–Crippen MR) is 165 cm³/mol. The van der Waals surface area contributed by atoms with E-state index in [1.165, 1.54) is 67.8 Å². The number of nitrogens with one attached hydrogen (secondary N) is 1. The number of nitriles is 1. The summed E-state index contributed by atoms with van der Waals surface area (Å²) in [7, 11) is 1.73. The summed E-state index contributed by atoms with van der Waals surface area (Å²) < 4.78 is 16.5. The predicted octanol–water partition coefficient (Wildman–Crippen LogP) is 7.44. The van der Waals surface area contributed by atoms with E-state index in [2.05, 4.69) is 29.6 Å². The summed E-state index contributed by atoms with van der Waals surface area (Å²) in [5.41, 5.74) is 3.39. The van der Waals surface area contributed by atoms with Gasteiger partial charge in [0.05, 0.1) is 29.9 Å². The number of hydrogen-bond acceptors (Lipinski definition) is 6. The van der Waals surface area contributed by atoms with Crippen molar-refractivity contribution in [3.05, 3.63) is 88.7 Å². The van der Waals surface area contributed by atoms with Crippen molar-refractivity contribution in [2.75, 3.05) is 23.8 Å². The molecule has 42 heavy (non-hydrogen) atoms. The van der Waals surface area contributed by atoms with E-state index in [-0.39, 0.29) is 35.3 Å². The zero-order valence-electron chi connectivity index (χ0n) is 24.3. The highest BCUT2D eigenvalue weighted by Gasteiger charge is 2.21. The number of anilines is 2. The number of likely N-dealkylation sites (N-methyl/N-ethyl adjacent to an activating group) is 1. The van der Waals surface area contributed by atoms with E-state index in [1.807, 2.05) is 19.9 Å². The van der Waals surface area contributed by atoms with Crippen LogP contribution in [0.4, 0.5) is 15.8 Å². The van der Waals surface area contributed by atoms with Crippen molar-refractivity contribution in [2.45, 2.75) is 69.4 Å². The highest BCUT2D eigenvalue weighted by molar-refractivity contribution is 7.97. The maximum atomic E-state index is 14.8. The molecule has 0 bridgehead atoms. The number of carboxylic acids is 1. The molecule has 9 heteroatoms. The van der Waals surface area contributed by atoms with Crippen LogP contribution >= 0.6 is 11.9 Å². The topological polar surface area (TPSA) is 96.7 Å². The molecule has 0 aliphatic heterocycles. The van der Waals surface area contributed by atoms with Gasteiger partial charge >= 0.3 is 5.97 Å². The highest BCUT2D eigenvalue weighted by atomic mass is 32.2. The third-order valence-electron chi connectivity index (χ3n) is 7.36. The molecule has 1 aliphatic rings. The second kappa shape index (κ2) is 14.3. The number of benzene rings is 3. The number of aromatic carboxylic acids is 1. The van der Waals surface area contributed by atoms with Gasteiger partial charge in [0.2, 0.25) is 5.91 Å². The minimum atomic E-state index is -1.03. The molecule has 0 unspecified atom stereocenters. The maximum absolute atomic E-state index is 14.8. The fourth-order valence-electron chi connectivity index (χ4n) is 5.27. The lowest BCUT2D eigenvalue weighted by Gasteiger charge is -2.26. The Bertz CT molecular complexity index is 1430. The van der Waals surface area contributed by atoms with Crippen LogP contribution in [0.1, 0.15) is 78.9 Å². The molecule has 0 spiro atoms. The van der Waals surface area contributed by atoms with Crippen LogP contribution in [-0.4, -0.2) is 40.9 Å². The number of amides is 1. The third-order valence-corrected chi connectivity index (χ3v) is 8.25. The zero-order valence-corrected chi connectivity index (χ0v) is 25.1. The summed E-state index contributed by atoms with van der Waals surface area (Å²) >= 11 is 1.18. The molecule has 0 radical (unpaired) electrons. The summed E-state index contributed by atoms with van der Waals surface area (Å²) in [6.07, 6.45) is 6.24. The van der Waals surface area contributed by atoms with Crippen LogP contribution in [0, 0.1) is 17.1 Å². The van der Waals surface area contributed by atoms with Crippen LogP contribution in [0.15, 0.2) is 65.6 Å². The van der Waals surface area contributed by atoms with Gasteiger partial charge in [-0.3, -0.25) is 4.79 Å². The zero-order chi connectivity index (χ0) is 30.2. The smallest absolute Gasteiger partial charge is 0.335 e. The number of hydrogen-bond donors (Lipinski definition) is 2. The second-order valence-corrected chi connectivity index (χ2v) is 12.3. The Morgan fingerprint density at radius 3 is 2.33 bits per heavy atom. The monoisotopic (exact) mass is 588 g/mol. The van der Waals surface area contributed by atoms with E-state index in [0.29, 0.717) is 23.0 Å². The Balaban J connectivity index is 1.51. The van der Waals surface area contributed by atoms with E-state index in [9.17, 15) is 24.3 Å². The molecule has 0 saturated heterocycles. The number of halogens is 1. The van der Waals surface area contributed by atoms with Crippen LogP contribution in [-0.2, 0) is 11.3 Å². The quantitative estimate of drug-likeness (QED) is 0.225. The molecule has 1 amide bonds. The summed E-state index contributed by atoms with van der Waals surface area (Å²) in [5.74, 6) is -1.18. The van der Waals surface area contributed by atoms with E-state index in [4.69, 9.17) is 0 Å². The van der Waals surface area contributed by atoms with Crippen LogP contribution in [0.3, 0.4) is 0 Å². The Morgan fingerprint density at radius 1 is 1.07 bits per heavy atom. The maximum Gasteiger partial charge on any atom is 0.335 e. The number of nitrogens with zero attached hydrogens (tertiary/aromatic N) is 3. The van der Waals surface area contributed by atoms with Gasteiger partial charge in [-0.2, -0.15) is 5.26 Å². The second-order valence-electron chi connectivity index (χ2n) is 11.0. The fraction of sp³-hybridized carbons (Fsp3) is 0.364. The van der Waals surface area contributed by atoms with Crippen LogP contribution in [0.25, 0.3) is 0 Å². The summed E-state index contributed by atoms with van der Waals surface area (Å²) in [6, 6.07) is 19.7. The Morgan fingerprint density at radius 2 is 1.74 bits per heavy atom. The molecule has 3 aromatic rings. The first-order valence-electron chi connectivity index (χ1n) is 14.3. The van der Waals surface area contributed by atoms with E-state index < -0.39 is 11.8 Å². The van der Waals surface area contributed by atoms with Crippen LogP contribution < -0.4 is 10.2 Å². The van der Waals surface area contributed by atoms with Crippen molar-refractivity contribution < 1.29 is 19.1 Å². The highest BCUT2D eigenvalue weighted by Crippen LogP contribution is 2.33. The molecule has 0 heterocycles. The van der Waals surface area contributed by atoms with Gasteiger partial charge in [0, 0.05) is 16.6 Å². The Labute approximate surface area is 251 Å². The van der Waals surface area contributed by atoms with Crippen LogP contribution in [0.2, 0.25) is 0 Å². The molecule has 7 nitrogen and oxygen atoms in total. The summed E-state index contributed by atoms with van der Waals surface area (Å²) in [5, 5.41) is 21.9. The first-order valence-corrected chi connectivity index (χ1v) is 15.0. The average molecular weight is 589 g/mol. The molecule has 4 rings (SSSR count). The minimum Gasteiger partial charge on any atom is -0.478 e. The molecule has 1 aliphatic carbocycles. The first-order chi connectivity index (χ1) is 20.1. The molecule has 0 atom stereocenters. The van der Waals surface area contributed by atoms with Gasteiger partial charge in [0.25, 0.3) is 0 Å².